The molecule has 0 radical (unpaired) electrons. The molecule has 1 fully saturated rings. The molecule has 4 nitrogen and oxygen atoms in total. The van der Waals surface area contributed by atoms with E-state index in [0.29, 0.717) is 6.04 Å². The lowest BCUT2D eigenvalue weighted by Crippen LogP contribution is -2.19. The predicted octanol–water partition coefficient (Wildman–Crippen LogP) is 3.65. The number of carbonyl (C=O) groups is 1. The van der Waals surface area contributed by atoms with Gasteiger partial charge in [0.25, 0.3) is 0 Å². The maximum Gasteiger partial charge on any atom is 0.250 e. The first-order valence-corrected chi connectivity index (χ1v) is 7.82. The van der Waals surface area contributed by atoms with Gasteiger partial charge in [-0.05, 0) is 43.4 Å². The normalized spacial score (nSPS) is 22.4. The highest BCUT2D eigenvalue weighted by Crippen LogP contribution is 2.25. The summed E-state index contributed by atoms with van der Waals surface area (Å²) in [6, 6.07) is 8.44. The molecule has 4 heteroatoms. The smallest absolute Gasteiger partial charge is 0.250 e. The molecule has 2 rings (SSSR count). The van der Waals surface area contributed by atoms with Gasteiger partial charge in [0.05, 0.1) is 0 Å². The van der Waals surface area contributed by atoms with Crippen molar-refractivity contribution in [2.45, 2.75) is 45.1 Å². The Morgan fingerprint density at radius 3 is 2.86 bits per heavy atom. The predicted molar refractivity (Wildman–Crippen MR) is 86.6 cm³/mol. The van der Waals surface area contributed by atoms with E-state index in [1.807, 2.05) is 18.2 Å². The lowest BCUT2D eigenvalue weighted by atomic mass is 10.0. The minimum absolute atomic E-state index is 0.0815. The van der Waals surface area contributed by atoms with Crippen LogP contribution in [-0.2, 0) is 9.53 Å². The van der Waals surface area contributed by atoms with E-state index in [-0.39, 0.29) is 12.5 Å². The van der Waals surface area contributed by atoms with Crippen LogP contribution in [0.4, 0.5) is 11.4 Å². The van der Waals surface area contributed by atoms with E-state index in [2.05, 4.69) is 23.6 Å². The summed E-state index contributed by atoms with van der Waals surface area (Å²) in [5, 5.41) is 6.44. The van der Waals surface area contributed by atoms with Crippen molar-refractivity contribution in [3.8, 4) is 0 Å². The van der Waals surface area contributed by atoms with Gasteiger partial charge in [0.15, 0.2) is 0 Å². The number of rotatable bonds is 5. The van der Waals surface area contributed by atoms with Crippen molar-refractivity contribution in [2.24, 2.45) is 5.92 Å². The maximum atomic E-state index is 11.5. The van der Waals surface area contributed by atoms with E-state index < -0.39 is 0 Å². The van der Waals surface area contributed by atoms with E-state index in [1.54, 1.807) is 0 Å². The molecule has 0 heterocycles. The van der Waals surface area contributed by atoms with Crippen LogP contribution in [0.15, 0.2) is 24.3 Å². The molecule has 1 aromatic rings. The molecule has 2 N–H and O–H groups in total. The molecule has 1 saturated carbocycles. The summed E-state index contributed by atoms with van der Waals surface area (Å²) in [7, 11) is 1.52. The van der Waals surface area contributed by atoms with Crippen molar-refractivity contribution in [1.82, 2.24) is 0 Å². The number of nitrogens with one attached hydrogen (secondary N) is 2. The number of hydrogen-bond donors (Lipinski definition) is 2. The maximum absolute atomic E-state index is 11.5. The standard InChI is InChI=1S/C17H26N2O2/c1-13-5-3-6-14(10-9-13)18-15-7-4-8-16(11-15)19-17(20)12-21-2/h4,7-8,11,13-14,18H,3,5-6,9-10,12H2,1-2H3,(H,19,20). The van der Waals surface area contributed by atoms with E-state index in [9.17, 15) is 4.79 Å². The van der Waals surface area contributed by atoms with Gasteiger partial charge in [0, 0.05) is 24.5 Å². The van der Waals surface area contributed by atoms with Crippen molar-refractivity contribution in [3.05, 3.63) is 24.3 Å². The van der Waals surface area contributed by atoms with Crippen LogP contribution < -0.4 is 10.6 Å². The van der Waals surface area contributed by atoms with Crippen molar-refractivity contribution in [1.29, 1.82) is 0 Å². The molecule has 0 aliphatic heterocycles. The Hall–Kier alpha value is -1.55. The molecule has 0 bridgehead atoms. The zero-order chi connectivity index (χ0) is 15.1. The van der Waals surface area contributed by atoms with Crippen molar-refractivity contribution in [2.75, 3.05) is 24.4 Å². The lowest BCUT2D eigenvalue weighted by molar-refractivity contribution is -0.119. The van der Waals surface area contributed by atoms with Gasteiger partial charge in [-0.2, -0.15) is 0 Å². The van der Waals surface area contributed by atoms with E-state index in [0.717, 1.165) is 17.3 Å². The van der Waals surface area contributed by atoms with E-state index in [1.165, 1.54) is 39.2 Å². The third-order valence-electron chi connectivity index (χ3n) is 4.05. The van der Waals surface area contributed by atoms with Crippen LogP contribution in [0.2, 0.25) is 0 Å². The number of amides is 1. The first-order valence-electron chi connectivity index (χ1n) is 7.82. The number of ether oxygens (including phenoxy) is 1. The fraction of sp³-hybridized carbons (Fsp3) is 0.588. The van der Waals surface area contributed by atoms with Crippen LogP contribution in [0, 0.1) is 5.92 Å². The fourth-order valence-electron chi connectivity index (χ4n) is 2.88. The number of benzene rings is 1. The molecule has 1 aliphatic carbocycles. The Morgan fingerprint density at radius 1 is 1.24 bits per heavy atom. The second-order valence-corrected chi connectivity index (χ2v) is 6.02. The molecule has 0 spiro atoms. The summed E-state index contributed by atoms with van der Waals surface area (Å²) in [5.41, 5.74) is 1.88. The van der Waals surface area contributed by atoms with E-state index in [4.69, 9.17) is 4.74 Å². The SMILES string of the molecule is COCC(=O)Nc1cccc(NC2CCCC(C)CC2)c1. The van der Waals surface area contributed by atoms with Crippen LogP contribution in [0.25, 0.3) is 0 Å². The molecule has 1 amide bonds. The Labute approximate surface area is 127 Å². The van der Waals surface area contributed by atoms with Gasteiger partial charge in [-0.1, -0.05) is 25.8 Å². The van der Waals surface area contributed by atoms with Gasteiger partial charge >= 0.3 is 0 Å². The quantitative estimate of drug-likeness (QED) is 0.814. The van der Waals surface area contributed by atoms with Crippen LogP contribution >= 0.6 is 0 Å². The number of hydrogen-bond acceptors (Lipinski definition) is 3. The summed E-state index contributed by atoms with van der Waals surface area (Å²) < 4.78 is 4.82. The molecule has 2 unspecified atom stereocenters. The van der Waals surface area contributed by atoms with E-state index >= 15 is 0 Å². The first-order chi connectivity index (χ1) is 10.2. The molecular weight excluding hydrogens is 264 g/mol. The van der Waals surface area contributed by atoms with Crippen LogP contribution in [0.3, 0.4) is 0 Å². The third-order valence-corrected chi connectivity index (χ3v) is 4.05. The Bertz CT molecular complexity index is 462. The van der Waals surface area contributed by atoms with Crippen LogP contribution in [-0.4, -0.2) is 25.7 Å². The minimum Gasteiger partial charge on any atom is -0.382 e. The second-order valence-electron chi connectivity index (χ2n) is 6.02. The zero-order valence-electron chi connectivity index (χ0n) is 13.0. The fourth-order valence-corrected chi connectivity index (χ4v) is 2.88. The monoisotopic (exact) mass is 290 g/mol. The third kappa shape index (κ3) is 5.38. The number of carbonyl (C=O) groups excluding carboxylic acids is 1. The molecule has 0 aromatic heterocycles. The zero-order valence-corrected chi connectivity index (χ0v) is 13.0. The van der Waals surface area contributed by atoms with Gasteiger partial charge in [-0.3, -0.25) is 4.79 Å². The number of methoxy groups -OCH3 is 1. The molecule has 1 aliphatic rings. The summed E-state index contributed by atoms with van der Waals surface area (Å²) in [5.74, 6) is 0.717. The molecular formula is C17H26N2O2. The Balaban J connectivity index is 1.92. The van der Waals surface area contributed by atoms with Crippen molar-refractivity contribution in [3.63, 3.8) is 0 Å². The summed E-state index contributed by atoms with van der Waals surface area (Å²) >= 11 is 0. The van der Waals surface area contributed by atoms with Gasteiger partial charge in [-0.15, -0.1) is 0 Å². The highest BCUT2D eigenvalue weighted by Gasteiger charge is 2.16. The van der Waals surface area contributed by atoms with Gasteiger partial charge in [0.1, 0.15) is 6.61 Å². The van der Waals surface area contributed by atoms with Gasteiger partial charge < -0.3 is 15.4 Å². The summed E-state index contributed by atoms with van der Waals surface area (Å²) in [6.45, 7) is 2.42. The number of anilines is 2. The van der Waals surface area contributed by atoms with Crippen LogP contribution in [0.1, 0.15) is 39.0 Å². The Morgan fingerprint density at radius 2 is 2.05 bits per heavy atom. The molecule has 0 saturated heterocycles. The van der Waals surface area contributed by atoms with Crippen molar-refractivity contribution < 1.29 is 9.53 Å². The highest BCUT2D eigenvalue weighted by molar-refractivity contribution is 5.92. The van der Waals surface area contributed by atoms with Gasteiger partial charge in [0.2, 0.25) is 5.91 Å². The average Bonchev–Trinajstić information content (AvgIpc) is 2.64. The molecule has 116 valence electrons. The second kappa shape index (κ2) is 8.03. The lowest BCUT2D eigenvalue weighted by Gasteiger charge is -2.18. The highest BCUT2D eigenvalue weighted by atomic mass is 16.5. The average molecular weight is 290 g/mol. The molecule has 1 aromatic carbocycles. The van der Waals surface area contributed by atoms with Crippen LogP contribution in [0.5, 0.6) is 0 Å². The van der Waals surface area contributed by atoms with Gasteiger partial charge in [-0.25, -0.2) is 0 Å². The summed E-state index contributed by atoms with van der Waals surface area (Å²) in [4.78, 5) is 11.5. The largest absolute Gasteiger partial charge is 0.382 e. The van der Waals surface area contributed by atoms with Crippen molar-refractivity contribution >= 4 is 17.3 Å². The Kier molecular flexibility index (Phi) is 6.05. The first kappa shape index (κ1) is 15.8. The molecule has 2 atom stereocenters. The summed E-state index contributed by atoms with van der Waals surface area (Å²) in [6.07, 6.45) is 6.38. The minimum atomic E-state index is -0.127. The topological polar surface area (TPSA) is 50.4 Å². The molecule has 21 heavy (non-hydrogen) atoms.